The lowest BCUT2D eigenvalue weighted by molar-refractivity contribution is -0.128. The number of carbonyl (C=O) groups is 2. The Labute approximate surface area is 173 Å². The molecule has 0 unspecified atom stereocenters. The molecule has 144 valence electrons. The van der Waals surface area contributed by atoms with Crippen LogP contribution in [0.1, 0.15) is 24.8 Å². The van der Waals surface area contributed by atoms with Crippen LogP contribution in [0.4, 0.5) is 11.4 Å². The number of carbonyl (C=O) groups excluding carboxylic acids is 2. The van der Waals surface area contributed by atoms with Gasteiger partial charge >= 0.3 is 0 Å². The Morgan fingerprint density at radius 1 is 1.21 bits per heavy atom. The van der Waals surface area contributed by atoms with E-state index in [2.05, 4.69) is 10.3 Å². The van der Waals surface area contributed by atoms with Crippen molar-refractivity contribution in [2.45, 2.75) is 37.5 Å². The number of hydrogen-bond donors (Lipinski definition) is 1. The third kappa shape index (κ3) is 4.23. The van der Waals surface area contributed by atoms with Crippen LogP contribution in [0, 0.1) is 6.92 Å². The standard InChI is InChI=1S/C21H20ClN3O2S/c1-13-4-2-3-5-17(13)24-19(26)12-18-20(27)25(16-10-11-16)21(28-18)23-15-8-6-14(22)7-9-15/h2-9,16,18H,10-12H2,1H3,(H,24,26)/t18-/m1/s1. The van der Waals surface area contributed by atoms with Crippen LogP contribution >= 0.6 is 23.4 Å². The van der Waals surface area contributed by atoms with Crippen LogP contribution in [0.3, 0.4) is 0 Å². The van der Waals surface area contributed by atoms with Gasteiger partial charge in [0.1, 0.15) is 5.25 Å². The van der Waals surface area contributed by atoms with Crippen LogP contribution in [0.2, 0.25) is 5.02 Å². The molecule has 1 saturated heterocycles. The summed E-state index contributed by atoms with van der Waals surface area (Å²) in [4.78, 5) is 31.8. The number of benzene rings is 2. The quantitative estimate of drug-likeness (QED) is 0.767. The molecule has 5 nitrogen and oxygen atoms in total. The van der Waals surface area contributed by atoms with Gasteiger partial charge in [-0.05, 0) is 55.7 Å². The zero-order valence-electron chi connectivity index (χ0n) is 15.4. The van der Waals surface area contributed by atoms with E-state index in [1.165, 1.54) is 11.8 Å². The van der Waals surface area contributed by atoms with Crippen molar-refractivity contribution in [3.8, 4) is 0 Å². The molecule has 28 heavy (non-hydrogen) atoms. The Bertz CT molecular complexity index is 941. The molecule has 0 spiro atoms. The molecule has 1 aliphatic carbocycles. The van der Waals surface area contributed by atoms with Crippen LogP contribution in [0.25, 0.3) is 0 Å². The molecule has 7 heteroatoms. The predicted octanol–water partition coefficient (Wildman–Crippen LogP) is 4.77. The number of nitrogens with one attached hydrogen (secondary N) is 1. The highest BCUT2D eigenvalue weighted by atomic mass is 35.5. The lowest BCUT2D eigenvalue weighted by Crippen LogP contribution is -2.35. The van der Waals surface area contributed by atoms with Crippen molar-refractivity contribution in [1.82, 2.24) is 4.90 Å². The molecular weight excluding hydrogens is 394 g/mol. The molecule has 2 aromatic carbocycles. The first kappa shape index (κ1) is 19.0. The zero-order valence-corrected chi connectivity index (χ0v) is 17.0. The predicted molar refractivity (Wildman–Crippen MR) is 114 cm³/mol. The molecule has 0 bridgehead atoms. The fourth-order valence-corrected chi connectivity index (χ4v) is 4.41. The molecule has 2 aromatic rings. The number of hydrogen-bond acceptors (Lipinski definition) is 4. The van der Waals surface area contributed by atoms with Crippen LogP contribution in [-0.4, -0.2) is 33.2 Å². The highest BCUT2D eigenvalue weighted by Crippen LogP contribution is 2.39. The van der Waals surface area contributed by atoms with Gasteiger partial charge in [0.15, 0.2) is 5.17 Å². The van der Waals surface area contributed by atoms with E-state index in [4.69, 9.17) is 11.6 Å². The van der Waals surface area contributed by atoms with Crippen molar-refractivity contribution in [2.75, 3.05) is 5.32 Å². The van der Waals surface area contributed by atoms with E-state index in [-0.39, 0.29) is 24.3 Å². The number of thioether (sulfide) groups is 1. The Kier molecular flexibility index (Phi) is 5.42. The average Bonchev–Trinajstić information content (AvgIpc) is 3.45. The van der Waals surface area contributed by atoms with Crippen molar-refractivity contribution >= 4 is 51.7 Å². The van der Waals surface area contributed by atoms with Crippen molar-refractivity contribution in [3.05, 3.63) is 59.1 Å². The lowest BCUT2D eigenvalue weighted by Gasteiger charge is -2.15. The van der Waals surface area contributed by atoms with Gasteiger partial charge in [-0.25, -0.2) is 4.99 Å². The van der Waals surface area contributed by atoms with E-state index < -0.39 is 5.25 Å². The van der Waals surface area contributed by atoms with E-state index >= 15 is 0 Å². The number of para-hydroxylation sites is 1. The normalized spacial score (nSPS) is 20.6. The van der Waals surface area contributed by atoms with Crippen LogP contribution in [0.5, 0.6) is 0 Å². The molecule has 4 rings (SSSR count). The Morgan fingerprint density at radius 3 is 2.61 bits per heavy atom. The summed E-state index contributed by atoms with van der Waals surface area (Å²) in [5.41, 5.74) is 2.51. The largest absolute Gasteiger partial charge is 0.326 e. The summed E-state index contributed by atoms with van der Waals surface area (Å²) in [6, 6.07) is 15.0. The van der Waals surface area contributed by atoms with Crippen molar-refractivity contribution < 1.29 is 9.59 Å². The van der Waals surface area contributed by atoms with Crippen molar-refractivity contribution in [1.29, 1.82) is 0 Å². The maximum absolute atomic E-state index is 12.9. The van der Waals surface area contributed by atoms with Crippen molar-refractivity contribution in [2.24, 2.45) is 4.99 Å². The average molecular weight is 414 g/mol. The summed E-state index contributed by atoms with van der Waals surface area (Å²) in [6.07, 6.45) is 2.09. The molecule has 1 atom stereocenters. The smallest absolute Gasteiger partial charge is 0.242 e. The first-order valence-electron chi connectivity index (χ1n) is 9.21. The minimum atomic E-state index is -0.448. The summed E-state index contributed by atoms with van der Waals surface area (Å²) < 4.78 is 0. The molecule has 1 saturated carbocycles. The maximum atomic E-state index is 12.9. The molecule has 0 radical (unpaired) electrons. The first-order valence-corrected chi connectivity index (χ1v) is 10.5. The van der Waals surface area contributed by atoms with Crippen LogP contribution < -0.4 is 5.32 Å². The summed E-state index contributed by atoms with van der Waals surface area (Å²) in [6.45, 7) is 1.94. The molecular formula is C21H20ClN3O2S. The number of amides is 2. The van der Waals surface area contributed by atoms with Gasteiger partial charge in [0.05, 0.1) is 5.69 Å². The lowest BCUT2D eigenvalue weighted by atomic mass is 10.2. The highest BCUT2D eigenvalue weighted by molar-refractivity contribution is 8.15. The molecule has 2 amide bonds. The fourth-order valence-electron chi connectivity index (χ4n) is 3.07. The number of anilines is 1. The third-order valence-corrected chi connectivity index (χ3v) is 6.12. The fraction of sp³-hybridized carbons (Fsp3) is 0.286. The molecule has 1 N–H and O–H groups in total. The summed E-state index contributed by atoms with van der Waals surface area (Å²) in [7, 11) is 0. The summed E-state index contributed by atoms with van der Waals surface area (Å²) in [5, 5.41) is 3.77. The van der Waals surface area contributed by atoms with Gasteiger partial charge in [-0.2, -0.15) is 0 Å². The Hall–Kier alpha value is -2.31. The Morgan fingerprint density at radius 2 is 1.93 bits per heavy atom. The van der Waals surface area contributed by atoms with Gasteiger partial charge in [-0.1, -0.05) is 41.6 Å². The first-order chi connectivity index (χ1) is 13.5. The minimum Gasteiger partial charge on any atom is -0.326 e. The van der Waals surface area contributed by atoms with Gasteiger partial charge in [-0.3, -0.25) is 14.5 Å². The van der Waals surface area contributed by atoms with Gasteiger partial charge in [0.2, 0.25) is 11.8 Å². The SMILES string of the molecule is Cc1ccccc1NC(=O)C[C@H]1SC(=Nc2ccc(Cl)cc2)N(C2CC2)C1=O. The number of aliphatic imine (C=N–C) groups is 1. The number of halogens is 1. The molecule has 1 heterocycles. The monoisotopic (exact) mass is 413 g/mol. The number of nitrogens with zero attached hydrogens (tertiary/aromatic N) is 2. The van der Waals surface area contributed by atoms with Crippen LogP contribution in [0.15, 0.2) is 53.5 Å². The number of aryl methyl sites for hydroxylation is 1. The van der Waals surface area contributed by atoms with E-state index in [9.17, 15) is 9.59 Å². The molecule has 2 aliphatic rings. The Balaban J connectivity index is 1.49. The number of amidine groups is 1. The molecule has 2 fully saturated rings. The zero-order chi connectivity index (χ0) is 19.7. The second kappa shape index (κ2) is 7.97. The van der Waals surface area contributed by atoms with Gasteiger partial charge in [0, 0.05) is 23.2 Å². The highest BCUT2D eigenvalue weighted by Gasteiger charge is 2.46. The third-order valence-electron chi connectivity index (χ3n) is 4.72. The topological polar surface area (TPSA) is 61.8 Å². The second-order valence-electron chi connectivity index (χ2n) is 6.98. The maximum Gasteiger partial charge on any atom is 0.242 e. The molecule has 1 aliphatic heterocycles. The van der Waals surface area contributed by atoms with Gasteiger partial charge in [-0.15, -0.1) is 0 Å². The van der Waals surface area contributed by atoms with E-state index in [0.29, 0.717) is 10.2 Å². The van der Waals surface area contributed by atoms with Crippen LogP contribution in [-0.2, 0) is 9.59 Å². The van der Waals surface area contributed by atoms with E-state index in [1.54, 1.807) is 17.0 Å². The van der Waals surface area contributed by atoms with Gasteiger partial charge in [0.25, 0.3) is 0 Å². The minimum absolute atomic E-state index is 0.0276. The second-order valence-corrected chi connectivity index (χ2v) is 8.59. The van der Waals surface area contributed by atoms with E-state index in [1.807, 2.05) is 43.3 Å². The summed E-state index contributed by atoms with van der Waals surface area (Å²) in [5.74, 6) is -0.191. The van der Waals surface area contributed by atoms with Gasteiger partial charge < -0.3 is 5.32 Å². The number of rotatable bonds is 5. The molecule has 0 aromatic heterocycles. The van der Waals surface area contributed by atoms with Crippen molar-refractivity contribution in [3.63, 3.8) is 0 Å². The van der Waals surface area contributed by atoms with E-state index in [0.717, 1.165) is 29.8 Å². The summed E-state index contributed by atoms with van der Waals surface area (Å²) >= 11 is 7.31.